The van der Waals surface area contributed by atoms with E-state index in [1.54, 1.807) is 34.1 Å². The van der Waals surface area contributed by atoms with E-state index >= 15 is 0 Å². The molecule has 112 valence electrons. The predicted octanol–water partition coefficient (Wildman–Crippen LogP) is 2.37. The van der Waals surface area contributed by atoms with E-state index in [0.717, 1.165) is 10.0 Å². The highest BCUT2D eigenvalue weighted by Crippen LogP contribution is 2.38. The minimum absolute atomic E-state index is 0.379. The molecular weight excluding hydrogens is 324 g/mol. The number of primary amides is 1. The third-order valence-electron chi connectivity index (χ3n) is 3.30. The van der Waals surface area contributed by atoms with Gasteiger partial charge >= 0.3 is 0 Å². The maximum absolute atomic E-state index is 11.4. The van der Waals surface area contributed by atoms with Gasteiger partial charge < -0.3 is 20.9 Å². The van der Waals surface area contributed by atoms with Crippen LogP contribution in [0.25, 0.3) is 0 Å². The lowest BCUT2D eigenvalue weighted by atomic mass is 9.83. The van der Waals surface area contributed by atoms with Gasteiger partial charge in [-0.25, -0.2) is 0 Å². The quantitative estimate of drug-likeness (QED) is 0.829. The van der Waals surface area contributed by atoms with Crippen molar-refractivity contribution < 1.29 is 14.3 Å². The van der Waals surface area contributed by atoms with Gasteiger partial charge in [-0.3, -0.25) is 4.79 Å². The summed E-state index contributed by atoms with van der Waals surface area (Å²) in [4.78, 5) is 11.4. The smallest absolute Gasteiger partial charge is 0.223 e. The van der Waals surface area contributed by atoms with E-state index in [9.17, 15) is 4.79 Å². The molecule has 0 aromatic heterocycles. The number of benzene rings is 1. The summed E-state index contributed by atoms with van der Waals surface area (Å²) in [6.45, 7) is 3.55. The van der Waals surface area contributed by atoms with Crippen LogP contribution in [-0.2, 0) is 4.79 Å². The number of methoxy groups -OCH3 is 2. The van der Waals surface area contributed by atoms with Crippen LogP contribution >= 0.6 is 15.9 Å². The number of rotatable bonds is 6. The molecule has 5 nitrogen and oxygen atoms in total. The maximum Gasteiger partial charge on any atom is 0.223 e. The zero-order valence-corrected chi connectivity index (χ0v) is 13.8. The van der Waals surface area contributed by atoms with E-state index in [0.29, 0.717) is 17.9 Å². The number of nitrogens with two attached hydrogens (primary N) is 2. The third kappa shape index (κ3) is 3.64. The molecule has 0 fully saturated rings. The largest absolute Gasteiger partial charge is 0.496 e. The van der Waals surface area contributed by atoms with Crippen molar-refractivity contribution in [3.05, 3.63) is 22.2 Å². The Balaban J connectivity index is 3.14. The van der Waals surface area contributed by atoms with Crippen LogP contribution in [0.15, 0.2) is 16.6 Å². The number of carbonyl (C=O) groups excluding carboxylic acids is 1. The van der Waals surface area contributed by atoms with Crippen molar-refractivity contribution in [3.8, 4) is 11.5 Å². The normalized spacial score (nSPS) is 12.9. The van der Waals surface area contributed by atoms with Crippen molar-refractivity contribution in [1.82, 2.24) is 0 Å². The lowest BCUT2D eigenvalue weighted by molar-refractivity contribution is -0.126. The van der Waals surface area contributed by atoms with E-state index in [1.165, 1.54) is 0 Å². The zero-order valence-electron chi connectivity index (χ0n) is 12.2. The van der Waals surface area contributed by atoms with Gasteiger partial charge in [0.2, 0.25) is 5.91 Å². The summed E-state index contributed by atoms with van der Waals surface area (Å²) in [6, 6.07) is 3.23. The van der Waals surface area contributed by atoms with E-state index in [4.69, 9.17) is 20.9 Å². The van der Waals surface area contributed by atoms with Gasteiger partial charge in [0.15, 0.2) is 0 Å². The number of carbonyl (C=O) groups is 1. The van der Waals surface area contributed by atoms with Crippen LogP contribution in [-0.4, -0.2) is 20.1 Å². The van der Waals surface area contributed by atoms with Crippen LogP contribution in [0.3, 0.4) is 0 Å². The summed E-state index contributed by atoms with van der Waals surface area (Å²) in [7, 11) is 3.15. The minimum atomic E-state index is -0.690. The molecule has 4 N–H and O–H groups in total. The second-order valence-corrected chi connectivity index (χ2v) is 6.14. The summed E-state index contributed by atoms with van der Waals surface area (Å²) in [5, 5.41) is 0. The second kappa shape index (κ2) is 6.45. The molecular formula is C14H21BrN2O3. The fourth-order valence-electron chi connectivity index (χ4n) is 1.93. The van der Waals surface area contributed by atoms with E-state index < -0.39 is 5.41 Å². The van der Waals surface area contributed by atoms with Crippen molar-refractivity contribution in [2.24, 2.45) is 16.9 Å². The van der Waals surface area contributed by atoms with Crippen LogP contribution in [0.4, 0.5) is 0 Å². The Hall–Kier alpha value is -1.27. The molecule has 0 spiro atoms. The standard InChI is InChI=1S/C14H21BrN2O3/c1-14(2,13(17)18)7-10(16)8-5-12(20-4)9(15)6-11(8)19-3/h5-6,10H,7,16H2,1-4H3,(H2,17,18). The first-order chi connectivity index (χ1) is 9.22. The average molecular weight is 345 g/mol. The molecule has 1 atom stereocenters. The van der Waals surface area contributed by atoms with Crippen LogP contribution < -0.4 is 20.9 Å². The summed E-state index contributed by atoms with van der Waals surface area (Å²) in [5.74, 6) is 0.926. The second-order valence-electron chi connectivity index (χ2n) is 5.29. The van der Waals surface area contributed by atoms with Crippen molar-refractivity contribution in [2.75, 3.05) is 14.2 Å². The number of hydrogen-bond donors (Lipinski definition) is 2. The van der Waals surface area contributed by atoms with Gasteiger partial charge in [0.1, 0.15) is 11.5 Å². The summed E-state index contributed by atoms with van der Waals surface area (Å²) in [6.07, 6.45) is 0.420. The van der Waals surface area contributed by atoms with Crippen molar-refractivity contribution >= 4 is 21.8 Å². The Morgan fingerprint density at radius 2 is 1.85 bits per heavy atom. The highest BCUT2D eigenvalue weighted by atomic mass is 79.9. The van der Waals surface area contributed by atoms with Crippen LogP contribution in [0.2, 0.25) is 0 Å². The first kappa shape index (κ1) is 16.8. The molecule has 1 aromatic carbocycles. The lowest BCUT2D eigenvalue weighted by Gasteiger charge is -2.26. The molecule has 1 amide bonds. The first-order valence-electron chi connectivity index (χ1n) is 6.20. The summed E-state index contributed by atoms with van der Waals surface area (Å²) < 4.78 is 11.4. The molecule has 0 saturated heterocycles. The molecule has 20 heavy (non-hydrogen) atoms. The Morgan fingerprint density at radius 3 is 2.30 bits per heavy atom. The Morgan fingerprint density at radius 1 is 1.30 bits per heavy atom. The van der Waals surface area contributed by atoms with E-state index in [1.807, 2.05) is 6.07 Å². The minimum Gasteiger partial charge on any atom is -0.496 e. The number of amides is 1. The number of hydrogen-bond acceptors (Lipinski definition) is 4. The van der Waals surface area contributed by atoms with Crippen LogP contribution in [0.1, 0.15) is 31.9 Å². The Bertz CT molecular complexity index is 503. The topological polar surface area (TPSA) is 87.6 Å². The Kier molecular flexibility index (Phi) is 5.42. The number of ether oxygens (including phenoxy) is 2. The maximum atomic E-state index is 11.4. The molecule has 1 unspecified atom stereocenters. The fourth-order valence-corrected chi connectivity index (χ4v) is 2.42. The highest BCUT2D eigenvalue weighted by Gasteiger charge is 2.29. The Labute approximate surface area is 127 Å². The molecule has 0 bridgehead atoms. The van der Waals surface area contributed by atoms with Gasteiger partial charge in [-0.15, -0.1) is 0 Å². The van der Waals surface area contributed by atoms with Gasteiger partial charge in [0.25, 0.3) is 0 Å². The average Bonchev–Trinajstić information content (AvgIpc) is 2.37. The van der Waals surface area contributed by atoms with Gasteiger partial charge in [-0.05, 0) is 34.5 Å². The van der Waals surface area contributed by atoms with Gasteiger partial charge in [0, 0.05) is 17.0 Å². The first-order valence-corrected chi connectivity index (χ1v) is 6.99. The van der Waals surface area contributed by atoms with Gasteiger partial charge in [-0.2, -0.15) is 0 Å². The predicted molar refractivity (Wildman–Crippen MR) is 81.8 cm³/mol. The lowest BCUT2D eigenvalue weighted by Crippen LogP contribution is -2.34. The van der Waals surface area contributed by atoms with Gasteiger partial charge in [-0.1, -0.05) is 13.8 Å². The van der Waals surface area contributed by atoms with E-state index in [2.05, 4.69) is 15.9 Å². The third-order valence-corrected chi connectivity index (χ3v) is 3.92. The molecule has 0 aliphatic carbocycles. The molecule has 0 heterocycles. The fraction of sp³-hybridized carbons (Fsp3) is 0.500. The number of halogens is 1. The monoisotopic (exact) mass is 344 g/mol. The van der Waals surface area contributed by atoms with Crippen molar-refractivity contribution in [1.29, 1.82) is 0 Å². The summed E-state index contributed by atoms with van der Waals surface area (Å²) >= 11 is 3.40. The molecule has 0 radical (unpaired) electrons. The molecule has 6 heteroatoms. The SMILES string of the molecule is COc1cc(C(N)CC(C)(C)C(N)=O)c(OC)cc1Br. The van der Waals surface area contributed by atoms with Crippen molar-refractivity contribution in [2.45, 2.75) is 26.3 Å². The molecule has 0 aliphatic heterocycles. The highest BCUT2D eigenvalue weighted by molar-refractivity contribution is 9.10. The molecule has 0 aliphatic rings. The molecule has 0 saturated carbocycles. The summed E-state index contributed by atoms with van der Waals surface area (Å²) in [5.41, 5.74) is 11.7. The van der Waals surface area contributed by atoms with E-state index in [-0.39, 0.29) is 11.9 Å². The molecule has 1 aromatic rings. The van der Waals surface area contributed by atoms with Crippen LogP contribution in [0.5, 0.6) is 11.5 Å². The van der Waals surface area contributed by atoms with Gasteiger partial charge in [0.05, 0.1) is 18.7 Å². The van der Waals surface area contributed by atoms with Crippen molar-refractivity contribution in [3.63, 3.8) is 0 Å². The molecule has 1 rings (SSSR count). The zero-order chi connectivity index (χ0) is 15.5. The van der Waals surface area contributed by atoms with Crippen LogP contribution in [0, 0.1) is 5.41 Å².